The molecule has 1 saturated heterocycles. The van der Waals surface area contributed by atoms with Crippen LogP contribution in [0.4, 0.5) is 0 Å². The van der Waals surface area contributed by atoms with Crippen LogP contribution in [-0.4, -0.2) is 49.2 Å². The van der Waals surface area contributed by atoms with E-state index in [1.807, 2.05) is 20.8 Å². The van der Waals surface area contributed by atoms with Crippen LogP contribution >= 0.6 is 0 Å². The average molecular weight is 200 g/mol. The molecule has 1 amide bonds. The molecule has 0 aliphatic carbocycles. The zero-order valence-electron chi connectivity index (χ0n) is 9.30. The zero-order valence-corrected chi connectivity index (χ0v) is 9.30. The number of hydrogen-bond acceptors (Lipinski definition) is 3. The highest BCUT2D eigenvalue weighted by atomic mass is 16.5. The van der Waals surface area contributed by atoms with Gasteiger partial charge in [0.2, 0.25) is 5.91 Å². The lowest BCUT2D eigenvalue weighted by Crippen LogP contribution is -2.48. The number of rotatable bonds is 2. The molecule has 1 fully saturated rings. The van der Waals surface area contributed by atoms with Crippen molar-refractivity contribution in [1.82, 2.24) is 10.2 Å². The lowest BCUT2D eigenvalue weighted by molar-refractivity contribution is -0.124. The van der Waals surface area contributed by atoms with E-state index in [1.54, 1.807) is 0 Å². The smallest absolute Gasteiger partial charge is 0.234 e. The molecule has 4 heteroatoms. The number of nitrogens with one attached hydrogen (secondary N) is 1. The fourth-order valence-corrected chi connectivity index (χ4v) is 1.42. The van der Waals surface area contributed by atoms with E-state index in [-0.39, 0.29) is 11.4 Å². The van der Waals surface area contributed by atoms with Crippen molar-refractivity contribution in [1.29, 1.82) is 0 Å². The molecule has 82 valence electrons. The quantitative estimate of drug-likeness (QED) is 0.694. The molecular weight excluding hydrogens is 180 g/mol. The van der Waals surface area contributed by atoms with Gasteiger partial charge in [-0.2, -0.15) is 0 Å². The first-order chi connectivity index (χ1) is 6.47. The molecule has 0 aromatic carbocycles. The average Bonchev–Trinajstić information content (AvgIpc) is 2.02. The van der Waals surface area contributed by atoms with Gasteiger partial charge in [0.25, 0.3) is 0 Å². The van der Waals surface area contributed by atoms with Gasteiger partial charge < -0.3 is 10.1 Å². The van der Waals surface area contributed by atoms with Crippen LogP contribution < -0.4 is 5.32 Å². The lowest BCUT2D eigenvalue weighted by Gasteiger charge is -2.28. The van der Waals surface area contributed by atoms with Crippen LogP contribution in [0.1, 0.15) is 20.8 Å². The van der Waals surface area contributed by atoms with Crippen molar-refractivity contribution in [2.24, 2.45) is 0 Å². The first-order valence-corrected chi connectivity index (χ1v) is 5.08. The molecule has 1 N–H and O–H groups in total. The van der Waals surface area contributed by atoms with Crippen LogP contribution in [0.3, 0.4) is 0 Å². The largest absolute Gasteiger partial charge is 0.379 e. The molecule has 1 aliphatic rings. The second kappa shape index (κ2) is 4.75. The summed E-state index contributed by atoms with van der Waals surface area (Å²) < 4.78 is 5.21. The maximum atomic E-state index is 11.5. The number of ether oxygens (including phenoxy) is 1. The number of carbonyl (C=O) groups is 1. The van der Waals surface area contributed by atoms with Gasteiger partial charge >= 0.3 is 0 Å². The fourth-order valence-electron chi connectivity index (χ4n) is 1.42. The number of carbonyl (C=O) groups excluding carboxylic acids is 1. The predicted molar refractivity (Wildman–Crippen MR) is 55.2 cm³/mol. The van der Waals surface area contributed by atoms with Crippen LogP contribution in [0.2, 0.25) is 0 Å². The molecule has 1 aliphatic heterocycles. The van der Waals surface area contributed by atoms with E-state index in [4.69, 9.17) is 4.74 Å². The molecule has 0 unspecified atom stereocenters. The summed E-state index contributed by atoms with van der Waals surface area (Å²) in [5, 5.41) is 2.95. The van der Waals surface area contributed by atoms with Gasteiger partial charge in [-0.05, 0) is 20.8 Å². The minimum Gasteiger partial charge on any atom is -0.379 e. The minimum absolute atomic E-state index is 0.0967. The first kappa shape index (κ1) is 11.5. The first-order valence-electron chi connectivity index (χ1n) is 5.08. The highest BCUT2D eigenvalue weighted by Gasteiger charge is 2.17. The molecule has 1 rings (SSSR count). The molecule has 0 aromatic rings. The van der Waals surface area contributed by atoms with Gasteiger partial charge in [-0.1, -0.05) is 0 Å². The zero-order chi connectivity index (χ0) is 10.6. The van der Waals surface area contributed by atoms with Crippen LogP contribution in [0.25, 0.3) is 0 Å². The molecular formula is C10H20N2O2. The van der Waals surface area contributed by atoms with Crippen LogP contribution in [0.15, 0.2) is 0 Å². The number of amides is 1. The number of nitrogens with zero attached hydrogens (tertiary/aromatic N) is 1. The normalized spacial score (nSPS) is 19.4. The highest BCUT2D eigenvalue weighted by molar-refractivity contribution is 5.78. The third kappa shape index (κ3) is 4.58. The topological polar surface area (TPSA) is 41.6 Å². The molecule has 0 aromatic heterocycles. The van der Waals surface area contributed by atoms with Crippen LogP contribution in [0, 0.1) is 0 Å². The Morgan fingerprint density at radius 3 is 2.43 bits per heavy atom. The van der Waals surface area contributed by atoms with Crippen molar-refractivity contribution < 1.29 is 9.53 Å². The van der Waals surface area contributed by atoms with Crippen molar-refractivity contribution in [3.8, 4) is 0 Å². The lowest BCUT2D eigenvalue weighted by atomic mass is 10.1. The van der Waals surface area contributed by atoms with Gasteiger partial charge in [-0.25, -0.2) is 0 Å². The van der Waals surface area contributed by atoms with Gasteiger partial charge in [-0.15, -0.1) is 0 Å². The standard InChI is InChI=1S/C10H20N2O2/c1-10(2,3)11-9(13)8-12-4-6-14-7-5-12/h4-8H2,1-3H3,(H,11,13). The summed E-state index contributed by atoms with van der Waals surface area (Å²) >= 11 is 0. The Balaban J connectivity index is 2.25. The van der Waals surface area contributed by atoms with E-state index in [1.165, 1.54) is 0 Å². The second-order valence-corrected chi connectivity index (χ2v) is 4.69. The summed E-state index contributed by atoms with van der Waals surface area (Å²) in [6.45, 7) is 9.65. The summed E-state index contributed by atoms with van der Waals surface area (Å²) in [7, 11) is 0. The summed E-state index contributed by atoms with van der Waals surface area (Å²) in [5.74, 6) is 0.0967. The molecule has 1 heterocycles. The van der Waals surface area contributed by atoms with Crippen LogP contribution in [0.5, 0.6) is 0 Å². The molecule has 0 radical (unpaired) electrons. The van der Waals surface area contributed by atoms with E-state index in [9.17, 15) is 4.79 Å². The minimum atomic E-state index is -0.136. The Hall–Kier alpha value is -0.610. The van der Waals surface area contributed by atoms with Crippen molar-refractivity contribution in [3.05, 3.63) is 0 Å². The third-order valence-corrected chi connectivity index (χ3v) is 1.99. The Bertz CT molecular complexity index is 193. The van der Waals surface area contributed by atoms with Gasteiger partial charge in [0, 0.05) is 18.6 Å². The van der Waals surface area contributed by atoms with Crippen molar-refractivity contribution >= 4 is 5.91 Å². The molecule has 0 atom stereocenters. The van der Waals surface area contributed by atoms with Crippen molar-refractivity contribution in [3.63, 3.8) is 0 Å². The third-order valence-electron chi connectivity index (χ3n) is 1.99. The van der Waals surface area contributed by atoms with Gasteiger partial charge in [0.05, 0.1) is 19.8 Å². The van der Waals surface area contributed by atoms with Crippen LogP contribution in [-0.2, 0) is 9.53 Å². The number of hydrogen-bond donors (Lipinski definition) is 1. The Morgan fingerprint density at radius 2 is 1.93 bits per heavy atom. The van der Waals surface area contributed by atoms with E-state index < -0.39 is 0 Å². The Morgan fingerprint density at radius 1 is 1.36 bits per heavy atom. The second-order valence-electron chi connectivity index (χ2n) is 4.69. The van der Waals surface area contributed by atoms with Crippen molar-refractivity contribution in [2.75, 3.05) is 32.8 Å². The Kier molecular flexibility index (Phi) is 3.89. The molecule has 4 nitrogen and oxygen atoms in total. The number of morpholine rings is 1. The van der Waals surface area contributed by atoms with Gasteiger partial charge in [0.1, 0.15) is 0 Å². The molecule has 14 heavy (non-hydrogen) atoms. The van der Waals surface area contributed by atoms with E-state index in [0.717, 1.165) is 26.3 Å². The molecule has 0 saturated carbocycles. The van der Waals surface area contributed by atoms with Gasteiger partial charge in [0.15, 0.2) is 0 Å². The highest BCUT2D eigenvalue weighted by Crippen LogP contribution is 2.00. The predicted octanol–water partition coefficient (Wildman–Crippen LogP) is 0.233. The molecule has 0 bridgehead atoms. The fraction of sp³-hybridized carbons (Fsp3) is 0.900. The Labute approximate surface area is 85.6 Å². The summed E-state index contributed by atoms with van der Waals surface area (Å²) in [6, 6.07) is 0. The summed E-state index contributed by atoms with van der Waals surface area (Å²) in [4.78, 5) is 13.6. The summed E-state index contributed by atoms with van der Waals surface area (Å²) in [5.41, 5.74) is -0.136. The SMILES string of the molecule is CC(C)(C)NC(=O)CN1CCOCC1. The van der Waals surface area contributed by atoms with Gasteiger partial charge in [-0.3, -0.25) is 9.69 Å². The maximum absolute atomic E-state index is 11.5. The summed E-state index contributed by atoms with van der Waals surface area (Å²) in [6.07, 6.45) is 0. The monoisotopic (exact) mass is 200 g/mol. The van der Waals surface area contributed by atoms with E-state index in [0.29, 0.717) is 6.54 Å². The molecule has 0 spiro atoms. The maximum Gasteiger partial charge on any atom is 0.234 e. The van der Waals surface area contributed by atoms with Crippen molar-refractivity contribution in [2.45, 2.75) is 26.3 Å². The van der Waals surface area contributed by atoms with E-state index in [2.05, 4.69) is 10.2 Å². The van der Waals surface area contributed by atoms with E-state index >= 15 is 0 Å².